The zero-order valence-electron chi connectivity index (χ0n) is 34.9. The average molecular weight is 903 g/mol. The summed E-state index contributed by atoms with van der Waals surface area (Å²) in [4.78, 5) is 17.1. The van der Waals surface area contributed by atoms with Crippen LogP contribution >= 0.6 is 11.3 Å². The number of aliphatic hydroxyl groups is 1. The number of carbonyl (C=O) groups is 1. The second-order valence-electron chi connectivity index (χ2n) is 13.9. The molecule has 0 unspecified atom stereocenters. The van der Waals surface area contributed by atoms with E-state index in [0.717, 1.165) is 57.7 Å². The number of allylic oxidation sites excluding steroid dienone is 2. The van der Waals surface area contributed by atoms with Crippen molar-refractivity contribution in [2.75, 3.05) is 0 Å². The minimum absolute atomic E-state index is 0. The molecule has 0 amide bonds. The van der Waals surface area contributed by atoms with Crippen molar-refractivity contribution in [3.05, 3.63) is 95.5 Å². The van der Waals surface area contributed by atoms with Crippen LogP contribution in [0.4, 0.5) is 4.39 Å². The Hall–Kier alpha value is -3.42. The van der Waals surface area contributed by atoms with Gasteiger partial charge in [0.05, 0.1) is 24.9 Å². The fourth-order valence-corrected chi connectivity index (χ4v) is 8.37. The van der Waals surface area contributed by atoms with Gasteiger partial charge in [0.2, 0.25) is 0 Å². The third-order valence-corrected chi connectivity index (χ3v) is 12.5. The Bertz CT molecular complexity index is 2380. The number of aryl methyl sites for hydroxylation is 2. The molecular weight excluding hydrogens is 850 g/mol. The van der Waals surface area contributed by atoms with Gasteiger partial charge < -0.3 is 14.5 Å². The number of ketones is 1. The minimum Gasteiger partial charge on any atom is -0.512 e. The maximum atomic E-state index is 14.0. The van der Waals surface area contributed by atoms with E-state index >= 15 is 0 Å². The number of nitrogens with zero attached hydrogens (tertiary/aromatic N) is 1. The number of pyridine rings is 1. The molecule has 0 aliphatic carbocycles. The van der Waals surface area contributed by atoms with Crippen molar-refractivity contribution in [2.24, 2.45) is 11.8 Å². The van der Waals surface area contributed by atoms with E-state index in [4.69, 9.17) is 14.9 Å². The van der Waals surface area contributed by atoms with Gasteiger partial charge in [0.15, 0.2) is 5.78 Å². The smallest absolute Gasteiger partial charge is 0.162 e. The molecule has 0 saturated heterocycles. The quantitative estimate of drug-likeness (QED) is 0.0644. The molecule has 1 N–H and O–H groups in total. The van der Waals surface area contributed by atoms with Crippen molar-refractivity contribution < 1.29 is 44.3 Å². The summed E-state index contributed by atoms with van der Waals surface area (Å²) in [5, 5.41) is 12.9. The van der Waals surface area contributed by atoms with Crippen molar-refractivity contribution in [3.63, 3.8) is 0 Å². The number of rotatable bonds is 10. The van der Waals surface area contributed by atoms with Gasteiger partial charge in [-0.25, -0.2) is 4.39 Å². The SMILES string of the molecule is CCC(CC)C(=O)/C=C(\O)C(CC)CC.[2H]c1c([2H])c([Si](C)(C)C)c([2H])c([2H])c1-c1sc2c(-c3[c-]c(C)cc4c3oc3cc(F)ccc34)nccc2c1C.[Ir]. The normalized spacial score (nSPS) is 13.2. The van der Waals surface area contributed by atoms with Gasteiger partial charge in [-0.3, -0.25) is 4.79 Å². The standard InChI is InChI=1S/C30H25FNOSSi.C13H24O2.Ir/c1-17-14-24-23-11-8-20(31)16-26(23)33-28(24)25(15-17)27-30-22(12-13-32-27)18(2)29(34-30)19-6-9-21(10-7-19)35(3,4)5;1-5-10(6-2)12(14)9-13(15)11(7-3)8-4;/h6-14,16H,1-5H3;9-11,14H,5-8H2,1-4H3;/q-1;;/b;12-9-;/i6D,7D,9D,10D;;. The van der Waals surface area contributed by atoms with Crippen LogP contribution in [0.1, 0.15) is 70.0 Å². The van der Waals surface area contributed by atoms with Gasteiger partial charge in [0.1, 0.15) is 11.4 Å². The molecule has 0 atom stereocenters. The zero-order valence-corrected chi connectivity index (χ0v) is 35.1. The number of aromatic nitrogens is 1. The molecule has 6 aromatic rings. The van der Waals surface area contributed by atoms with Crippen molar-refractivity contribution in [1.82, 2.24) is 4.98 Å². The summed E-state index contributed by atoms with van der Waals surface area (Å²) in [6.45, 7) is 18.1. The van der Waals surface area contributed by atoms with Crippen LogP contribution in [0, 0.1) is 37.6 Å². The predicted octanol–water partition coefficient (Wildman–Crippen LogP) is 12.5. The van der Waals surface area contributed by atoms with Crippen LogP contribution < -0.4 is 5.19 Å². The van der Waals surface area contributed by atoms with E-state index < -0.39 is 8.07 Å². The van der Waals surface area contributed by atoms with E-state index in [0.29, 0.717) is 38.1 Å². The van der Waals surface area contributed by atoms with Gasteiger partial charge in [-0.2, -0.15) is 0 Å². The monoisotopic (exact) mass is 903 g/mol. The van der Waals surface area contributed by atoms with Crippen LogP contribution in [0.3, 0.4) is 0 Å². The van der Waals surface area contributed by atoms with Crippen molar-refractivity contribution in [2.45, 2.75) is 86.9 Å². The number of benzene rings is 3. The van der Waals surface area contributed by atoms with Gasteiger partial charge >= 0.3 is 0 Å². The maximum absolute atomic E-state index is 14.0. The summed E-state index contributed by atoms with van der Waals surface area (Å²) in [5.74, 6) is 0.175. The molecule has 271 valence electrons. The Morgan fingerprint density at radius 1 is 0.980 bits per heavy atom. The molecule has 51 heavy (non-hydrogen) atoms. The minimum atomic E-state index is -2.12. The maximum Gasteiger partial charge on any atom is 0.162 e. The molecule has 3 aromatic heterocycles. The van der Waals surface area contributed by atoms with Crippen LogP contribution in [-0.4, -0.2) is 23.9 Å². The molecule has 0 aliphatic heterocycles. The third-order valence-electron chi connectivity index (χ3n) is 9.37. The number of carbonyl (C=O) groups excluding carboxylic acids is 1. The van der Waals surface area contributed by atoms with E-state index in [2.05, 4.69) is 6.07 Å². The van der Waals surface area contributed by atoms with Crippen molar-refractivity contribution >= 4 is 62.4 Å². The molecule has 3 heterocycles. The Labute approximate surface area is 326 Å². The molecule has 0 saturated carbocycles. The van der Waals surface area contributed by atoms with Gasteiger partial charge in [-0.15, -0.1) is 29.0 Å². The fraction of sp³-hybridized carbons (Fsp3) is 0.349. The number of hydrogen-bond acceptors (Lipinski definition) is 5. The number of hydrogen-bond donors (Lipinski definition) is 1. The number of furan rings is 1. The summed E-state index contributed by atoms with van der Waals surface area (Å²) >= 11 is 1.40. The number of aliphatic hydroxyl groups excluding tert-OH is 1. The van der Waals surface area contributed by atoms with Crippen molar-refractivity contribution in [1.29, 1.82) is 0 Å². The number of fused-ring (bicyclic) bond motifs is 4. The largest absolute Gasteiger partial charge is 0.512 e. The van der Waals surface area contributed by atoms with E-state index in [9.17, 15) is 14.3 Å². The van der Waals surface area contributed by atoms with E-state index in [1.165, 1.54) is 29.5 Å². The Morgan fingerprint density at radius 2 is 1.63 bits per heavy atom. The Kier molecular flexibility index (Phi) is 11.5. The number of halogens is 1. The molecule has 8 heteroatoms. The fourth-order valence-electron chi connectivity index (χ4n) is 6.24. The summed E-state index contributed by atoms with van der Waals surface area (Å²) in [6, 6.07) is 11.8. The molecule has 0 spiro atoms. The summed E-state index contributed by atoms with van der Waals surface area (Å²) in [7, 11) is -2.12. The molecule has 0 fully saturated rings. The van der Waals surface area contributed by atoms with E-state index in [-0.39, 0.29) is 73.5 Å². The second kappa shape index (κ2) is 16.9. The molecular formula is C43H49FIrNO3SSi-. The zero-order chi connectivity index (χ0) is 39.8. The van der Waals surface area contributed by atoms with Crippen LogP contribution in [0.25, 0.3) is 53.7 Å². The van der Waals surface area contributed by atoms with E-state index in [1.807, 2.05) is 73.3 Å². The second-order valence-corrected chi connectivity index (χ2v) is 19.9. The van der Waals surface area contributed by atoms with Crippen LogP contribution in [0.2, 0.25) is 19.6 Å². The first-order valence-electron chi connectivity index (χ1n) is 19.5. The van der Waals surface area contributed by atoms with Crippen LogP contribution in [0.15, 0.2) is 77.0 Å². The summed E-state index contributed by atoms with van der Waals surface area (Å²) in [5.41, 5.74) is 4.40. The molecule has 0 bridgehead atoms. The molecule has 0 aliphatic rings. The topological polar surface area (TPSA) is 63.3 Å². The van der Waals surface area contributed by atoms with Gasteiger partial charge in [0.25, 0.3) is 0 Å². The first kappa shape index (κ1) is 34.7. The summed E-state index contributed by atoms with van der Waals surface area (Å²) < 4.78 is 56.1. The Morgan fingerprint density at radius 3 is 2.24 bits per heavy atom. The van der Waals surface area contributed by atoms with Crippen LogP contribution in [0.5, 0.6) is 0 Å². The Balaban J connectivity index is 0.000000360. The van der Waals surface area contributed by atoms with Crippen LogP contribution in [-0.2, 0) is 24.9 Å². The number of thiophene rings is 1. The average Bonchev–Trinajstić information content (AvgIpc) is 3.64. The molecule has 6 rings (SSSR count). The third kappa shape index (κ3) is 8.63. The first-order chi connectivity index (χ1) is 25.5. The van der Waals surface area contributed by atoms with Gasteiger partial charge in [-0.05, 0) is 67.3 Å². The van der Waals surface area contributed by atoms with Gasteiger partial charge in [0, 0.05) is 70.9 Å². The predicted molar refractivity (Wildman–Crippen MR) is 213 cm³/mol. The summed E-state index contributed by atoms with van der Waals surface area (Å²) in [6.07, 6.45) is 6.62. The van der Waals surface area contributed by atoms with Crippen molar-refractivity contribution in [3.8, 4) is 21.7 Å². The molecule has 4 nitrogen and oxygen atoms in total. The first-order valence-corrected chi connectivity index (χ1v) is 21.8. The molecule has 3 aromatic carbocycles. The van der Waals surface area contributed by atoms with E-state index in [1.54, 1.807) is 12.3 Å². The molecule has 1 radical (unpaired) electrons. The van der Waals surface area contributed by atoms with Gasteiger partial charge in [-0.1, -0.05) is 94.6 Å².